The van der Waals surface area contributed by atoms with Crippen LogP contribution < -0.4 is 9.64 Å². The molecule has 3 aromatic carbocycles. The van der Waals surface area contributed by atoms with E-state index in [1.165, 1.54) is 7.11 Å². The van der Waals surface area contributed by atoms with Crippen molar-refractivity contribution in [3.63, 3.8) is 0 Å². The molecule has 1 aromatic heterocycles. The minimum absolute atomic E-state index is 0.0124. The van der Waals surface area contributed by atoms with E-state index in [4.69, 9.17) is 4.74 Å². The maximum absolute atomic E-state index is 14.4. The fourth-order valence-electron chi connectivity index (χ4n) is 4.39. The highest BCUT2D eigenvalue weighted by Gasteiger charge is 2.48. The van der Waals surface area contributed by atoms with Gasteiger partial charge in [-0.25, -0.2) is 13.8 Å². The number of rotatable bonds is 4. The molecule has 5 rings (SSSR count). The van der Waals surface area contributed by atoms with E-state index in [-0.39, 0.29) is 26.5 Å². The Kier molecular flexibility index (Phi) is 5.80. The Morgan fingerprint density at radius 2 is 1.81 bits per heavy atom. The summed E-state index contributed by atoms with van der Waals surface area (Å²) in [6.07, 6.45) is 0. The van der Waals surface area contributed by atoms with Crippen LogP contribution in [-0.2, 0) is 9.59 Å². The highest BCUT2D eigenvalue weighted by molar-refractivity contribution is 7.22. The lowest BCUT2D eigenvalue weighted by Crippen LogP contribution is -2.29. The lowest BCUT2D eigenvalue weighted by Gasteiger charge is -2.23. The third kappa shape index (κ3) is 3.81. The number of aliphatic hydroxyl groups is 1. The fraction of sp³-hybridized carbons (Fsp3) is 0.148. The zero-order valence-corrected chi connectivity index (χ0v) is 20.3. The summed E-state index contributed by atoms with van der Waals surface area (Å²) in [6.45, 7) is 3.68. The summed E-state index contributed by atoms with van der Waals surface area (Å²) >= 11 is 0.884. The summed E-state index contributed by atoms with van der Waals surface area (Å²) in [5.41, 5.74) is 2.21. The second-order valence-corrected chi connectivity index (χ2v) is 9.53. The van der Waals surface area contributed by atoms with Gasteiger partial charge in [-0.05, 0) is 37.6 Å². The Morgan fingerprint density at radius 3 is 2.53 bits per heavy atom. The maximum Gasteiger partial charge on any atom is 0.301 e. The average molecular weight is 507 g/mol. The molecule has 1 unspecified atom stereocenters. The van der Waals surface area contributed by atoms with Gasteiger partial charge in [-0.2, -0.15) is 0 Å². The quantitative estimate of drug-likeness (QED) is 0.214. The first-order valence-electron chi connectivity index (χ1n) is 11.0. The molecule has 1 N–H and O–H groups in total. The van der Waals surface area contributed by atoms with Gasteiger partial charge in [-0.15, -0.1) is 0 Å². The number of fused-ring (bicyclic) bond motifs is 1. The van der Waals surface area contributed by atoms with Gasteiger partial charge in [-0.3, -0.25) is 14.5 Å². The number of hydrogen-bond acceptors (Lipinski definition) is 6. The van der Waals surface area contributed by atoms with Crippen molar-refractivity contribution in [2.75, 3.05) is 12.0 Å². The molecule has 36 heavy (non-hydrogen) atoms. The summed E-state index contributed by atoms with van der Waals surface area (Å²) in [5.74, 6) is -3.59. The number of Topliss-reactive ketones (excluding diaryl/α,β-unsaturated/α-hetero) is 1. The number of hydrogen-bond donors (Lipinski definition) is 1. The van der Waals surface area contributed by atoms with Gasteiger partial charge in [0.25, 0.3) is 5.78 Å². The number of carbonyl (C=O) groups excluding carboxylic acids is 2. The third-order valence-electron chi connectivity index (χ3n) is 6.02. The molecule has 0 radical (unpaired) electrons. The molecule has 9 heteroatoms. The first kappa shape index (κ1) is 23.6. The predicted octanol–water partition coefficient (Wildman–Crippen LogP) is 5.83. The molecule has 0 bridgehead atoms. The predicted molar refractivity (Wildman–Crippen MR) is 133 cm³/mol. The SMILES string of the molecule is COc1ccc(C)cc1/C(O)=C1\C(=O)C(=O)N(c2nc3c(F)cc(F)cc3s2)C1c1cccc(C)c1. The number of anilines is 1. The number of carbonyl (C=O) groups is 2. The molecular weight excluding hydrogens is 486 g/mol. The molecule has 182 valence electrons. The van der Waals surface area contributed by atoms with Gasteiger partial charge in [0.05, 0.1) is 29.0 Å². The highest BCUT2D eigenvalue weighted by atomic mass is 32.1. The zero-order valence-electron chi connectivity index (χ0n) is 19.5. The summed E-state index contributed by atoms with van der Waals surface area (Å²) in [6, 6.07) is 13.0. The number of methoxy groups -OCH3 is 1. The van der Waals surface area contributed by atoms with Crippen molar-refractivity contribution in [3.8, 4) is 5.75 Å². The van der Waals surface area contributed by atoms with Gasteiger partial charge < -0.3 is 9.84 Å². The molecule has 1 amide bonds. The standard InChI is InChI=1S/C27H20F2N2O4S/c1-13-5-4-6-15(9-13)23-21(24(32)17-10-14(2)7-8-19(17)35-3)25(33)26(34)31(23)27-30-22-18(29)11-16(28)12-20(22)36-27/h4-12,23,32H,1-3H3/b24-21+. The molecule has 0 spiro atoms. The second-order valence-electron chi connectivity index (χ2n) is 8.52. The molecule has 1 aliphatic heterocycles. The summed E-state index contributed by atoms with van der Waals surface area (Å²) < 4.78 is 33.8. The Bertz CT molecular complexity index is 1590. The van der Waals surface area contributed by atoms with Crippen molar-refractivity contribution in [3.05, 3.63) is 94.1 Å². The Labute approximate surface area is 209 Å². The number of thiazole rings is 1. The van der Waals surface area contributed by atoms with Crippen LogP contribution in [-0.4, -0.2) is 28.9 Å². The molecule has 2 heterocycles. The molecule has 1 aliphatic rings. The molecule has 0 aliphatic carbocycles. The lowest BCUT2D eigenvalue weighted by atomic mass is 9.94. The van der Waals surface area contributed by atoms with Crippen molar-refractivity contribution in [2.45, 2.75) is 19.9 Å². The molecule has 1 fully saturated rings. The van der Waals surface area contributed by atoms with E-state index in [9.17, 15) is 23.5 Å². The van der Waals surface area contributed by atoms with Crippen LogP contribution in [0.25, 0.3) is 16.0 Å². The Balaban J connectivity index is 1.78. The van der Waals surface area contributed by atoms with Crippen LogP contribution in [0, 0.1) is 25.5 Å². The molecule has 1 saturated heterocycles. The fourth-order valence-corrected chi connectivity index (χ4v) is 5.42. The topological polar surface area (TPSA) is 79.7 Å². The normalized spacial score (nSPS) is 17.2. The van der Waals surface area contributed by atoms with Gasteiger partial charge in [-0.1, -0.05) is 52.8 Å². The summed E-state index contributed by atoms with van der Waals surface area (Å²) in [4.78, 5) is 32.1. The van der Waals surface area contributed by atoms with Gasteiger partial charge in [0, 0.05) is 6.07 Å². The van der Waals surface area contributed by atoms with E-state index >= 15 is 0 Å². The van der Waals surface area contributed by atoms with Crippen LogP contribution in [0.5, 0.6) is 5.75 Å². The maximum atomic E-state index is 14.4. The third-order valence-corrected chi connectivity index (χ3v) is 7.02. The van der Waals surface area contributed by atoms with Crippen molar-refractivity contribution in [1.82, 2.24) is 4.98 Å². The van der Waals surface area contributed by atoms with E-state index in [1.807, 2.05) is 19.9 Å². The Morgan fingerprint density at radius 1 is 1.06 bits per heavy atom. The van der Waals surface area contributed by atoms with Gasteiger partial charge in [0.2, 0.25) is 0 Å². The van der Waals surface area contributed by atoms with E-state index < -0.39 is 35.1 Å². The second kappa shape index (κ2) is 8.83. The van der Waals surface area contributed by atoms with Crippen LogP contribution in [0.15, 0.2) is 60.2 Å². The van der Waals surface area contributed by atoms with Crippen molar-refractivity contribution in [2.24, 2.45) is 0 Å². The van der Waals surface area contributed by atoms with Crippen molar-refractivity contribution >= 4 is 44.1 Å². The first-order chi connectivity index (χ1) is 17.2. The number of aliphatic hydroxyl groups excluding tert-OH is 1. The number of benzene rings is 3. The molecule has 1 atom stereocenters. The van der Waals surface area contributed by atoms with Crippen LogP contribution in [0.2, 0.25) is 0 Å². The van der Waals surface area contributed by atoms with E-state index in [2.05, 4.69) is 4.98 Å². The number of ether oxygens (including phenoxy) is 1. The number of halogens is 2. The summed E-state index contributed by atoms with van der Waals surface area (Å²) in [5, 5.41) is 11.4. The largest absolute Gasteiger partial charge is 0.507 e. The van der Waals surface area contributed by atoms with Gasteiger partial charge in [0.1, 0.15) is 22.8 Å². The number of ketones is 1. The van der Waals surface area contributed by atoms with Crippen LogP contribution in [0.3, 0.4) is 0 Å². The number of aromatic nitrogens is 1. The molecule has 4 aromatic rings. The van der Waals surface area contributed by atoms with E-state index in [0.29, 0.717) is 17.4 Å². The zero-order chi connectivity index (χ0) is 25.7. The minimum atomic E-state index is -1.05. The Hall–Kier alpha value is -4.11. The average Bonchev–Trinajstić information content (AvgIpc) is 3.37. The molecule has 0 saturated carbocycles. The van der Waals surface area contributed by atoms with Crippen LogP contribution in [0.4, 0.5) is 13.9 Å². The van der Waals surface area contributed by atoms with E-state index in [1.54, 1.807) is 36.4 Å². The first-order valence-corrected chi connectivity index (χ1v) is 11.8. The molecular formula is C27H20F2N2O4S. The van der Waals surface area contributed by atoms with Crippen LogP contribution >= 0.6 is 11.3 Å². The summed E-state index contributed by atoms with van der Waals surface area (Å²) in [7, 11) is 1.44. The number of amides is 1. The minimum Gasteiger partial charge on any atom is -0.507 e. The van der Waals surface area contributed by atoms with Crippen LogP contribution in [0.1, 0.15) is 28.3 Å². The smallest absolute Gasteiger partial charge is 0.301 e. The van der Waals surface area contributed by atoms with E-state index in [0.717, 1.165) is 33.4 Å². The lowest BCUT2D eigenvalue weighted by molar-refractivity contribution is -0.132. The number of nitrogens with zero attached hydrogens (tertiary/aromatic N) is 2. The van der Waals surface area contributed by atoms with Crippen molar-refractivity contribution in [1.29, 1.82) is 0 Å². The van der Waals surface area contributed by atoms with Gasteiger partial charge >= 0.3 is 5.91 Å². The monoisotopic (exact) mass is 506 g/mol. The molecule has 6 nitrogen and oxygen atoms in total. The highest BCUT2D eigenvalue weighted by Crippen LogP contribution is 2.45. The van der Waals surface area contributed by atoms with Gasteiger partial charge in [0.15, 0.2) is 10.9 Å². The number of aryl methyl sites for hydroxylation is 2. The van der Waals surface area contributed by atoms with Crippen molar-refractivity contribution < 1.29 is 28.2 Å².